The Labute approximate surface area is 261 Å². The van der Waals surface area contributed by atoms with Crippen LogP contribution in [0, 0.1) is 11.8 Å². The number of halogens is 1. The highest BCUT2D eigenvalue weighted by Crippen LogP contribution is 2.42. The Morgan fingerprint density at radius 1 is 1.05 bits per heavy atom. The Hall–Kier alpha value is -1.28. The molecule has 11 nitrogen and oxygen atoms in total. The highest BCUT2D eigenvalue weighted by Gasteiger charge is 2.50. The zero-order valence-electron chi connectivity index (χ0n) is 25.8. The predicted molar refractivity (Wildman–Crippen MR) is 167 cm³/mol. The quantitative estimate of drug-likeness (QED) is 0.160. The molecule has 2 amide bonds. The van der Waals surface area contributed by atoms with E-state index in [-0.39, 0.29) is 59.4 Å². The van der Waals surface area contributed by atoms with Crippen LogP contribution in [-0.2, 0) is 14.3 Å². The van der Waals surface area contributed by atoms with Gasteiger partial charge in [0, 0.05) is 42.1 Å². The van der Waals surface area contributed by atoms with Gasteiger partial charge in [0.2, 0.25) is 11.8 Å². The molecule has 5 aliphatic rings. The lowest BCUT2D eigenvalue weighted by Gasteiger charge is -2.44. The highest BCUT2D eigenvalue weighted by molar-refractivity contribution is 6.43. The molecule has 0 spiro atoms. The third kappa shape index (κ3) is 8.31. The lowest BCUT2D eigenvalue weighted by Crippen LogP contribution is -2.55. The van der Waals surface area contributed by atoms with Crippen molar-refractivity contribution in [1.82, 2.24) is 26.4 Å². The third-order valence-electron chi connectivity index (χ3n) is 10.5. The average Bonchev–Trinajstić information content (AvgIpc) is 3.31. The highest BCUT2D eigenvalue weighted by atomic mass is 35.5. The molecule has 0 aromatic heterocycles. The molecule has 13 heteroatoms. The summed E-state index contributed by atoms with van der Waals surface area (Å²) in [6.07, 6.45) is 10.6. The molecule has 6 atom stereocenters. The van der Waals surface area contributed by atoms with Gasteiger partial charge in [-0.15, -0.1) is 11.6 Å². The number of nitrogens with zero attached hydrogens (tertiary/aromatic N) is 2. The van der Waals surface area contributed by atoms with Gasteiger partial charge in [0.1, 0.15) is 0 Å². The van der Waals surface area contributed by atoms with Gasteiger partial charge in [-0.1, -0.05) is 12.8 Å². The van der Waals surface area contributed by atoms with E-state index in [0.717, 1.165) is 57.8 Å². The van der Waals surface area contributed by atoms with E-state index in [1.54, 1.807) is 0 Å². The summed E-state index contributed by atoms with van der Waals surface area (Å²) in [4.78, 5) is 33.4. The maximum Gasteiger partial charge on any atom is 0.454 e. The van der Waals surface area contributed by atoms with E-state index >= 15 is 0 Å². The molecule has 242 valence electrons. The Bertz CT molecular complexity index is 977. The van der Waals surface area contributed by atoms with Gasteiger partial charge in [-0.2, -0.15) is 0 Å². The van der Waals surface area contributed by atoms with Gasteiger partial charge in [-0.05, 0) is 83.4 Å². The average molecular weight is 623 g/mol. The van der Waals surface area contributed by atoms with Gasteiger partial charge in [0.25, 0.3) is 0 Å². The minimum atomic E-state index is -1.27. The minimum absolute atomic E-state index is 0.00434. The first kappa shape index (κ1) is 33.1. The molecule has 4 fully saturated rings. The van der Waals surface area contributed by atoms with Crippen LogP contribution in [0.15, 0.2) is 4.99 Å². The SMILES string of the molecule is CCNC(=O)C[C@@H]1N=C(C2CCC(Cl)CC2)C2CC(OCCC(=O)NC3CCC(B(O)O)CC3)CCC2N2C(C)NNC12. The summed E-state index contributed by atoms with van der Waals surface area (Å²) in [7, 11) is -1.27. The number of aliphatic imine (C=N–C) groups is 1. The number of carbonyl (C=O) groups is 2. The predicted octanol–water partition coefficient (Wildman–Crippen LogP) is 2.06. The topological polar surface area (TPSA) is 148 Å². The van der Waals surface area contributed by atoms with Crippen molar-refractivity contribution in [2.24, 2.45) is 16.8 Å². The molecular formula is C30H52BClN6O5. The lowest BCUT2D eigenvalue weighted by atomic mass is 9.64. The third-order valence-corrected chi connectivity index (χ3v) is 10.9. The van der Waals surface area contributed by atoms with Crippen molar-refractivity contribution in [3.8, 4) is 0 Å². The number of fused-ring (bicyclic) bond motifs is 3. The fourth-order valence-electron chi connectivity index (χ4n) is 8.24. The van der Waals surface area contributed by atoms with Crippen LogP contribution in [0.3, 0.4) is 0 Å². The van der Waals surface area contributed by atoms with E-state index in [1.165, 1.54) is 5.71 Å². The van der Waals surface area contributed by atoms with Gasteiger partial charge >= 0.3 is 7.12 Å². The minimum Gasteiger partial charge on any atom is -0.427 e. The summed E-state index contributed by atoms with van der Waals surface area (Å²) < 4.78 is 6.38. The standard InChI is InChI=1S/C30H52BClN6O5/c1-3-33-28(40)17-25-30-37-36-18(2)38(30)26-13-12-23(16-24(26)29(35-25)19-4-8-21(32)9-5-19)43-15-14-27(39)34-22-10-6-20(7-11-22)31(41)42/h18-26,30,36-37,41-42H,3-17H2,1-2H3,(H,33,40)(H,34,39)/t18?,19?,20?,21?,22?,23?,24?,25-,26?,30?/m0/s1. The van der Waals surface area contributed by atoms with Crippen LogP contribution in [-0.4, -0.2) is 94.7 Å². The Morgan fingerprint density at radius 2 is 1.79 bits per heavy atom. The number of hydrazine groups is 1. The zero-order chi connectivity index (χ0) is 30.5. The molecule has 3 saturated carbocycles. The monoisotopic (exact) mass is 622 g/mol. The zero-order valence-corrected chi connectivity index (χ0v) is 26.6. The van der Waals surface area contributed by atoms with E-state index in [1.807, 2.05) is 6.92 Å². The Kier molecular flexibility index (Phi) is 11.8. The van der Waals surface area contributed by atoms with Crippen molar-refractivity contribution in [1.29, 1.82) is 0 Å². The van der Waals surface area contributed by atoms with Crippen LogP contribution in [0.5, 0.6) is 0 Å². The number of hydrogen-bond donors (Lipinski definition) is 6. The first-order valence-electron chi connectivity index (χ1n) is 16.8. The molecule has 5 rings (SSSR count). The normalized spacial score (nSPS) is 38.3. The summed E-state index contributed by atoms with van der Waals surface area (Å²) in [6, 6.07) is 0.206. The van der Waals surface area contributed by atoms with Crippen molar-refractivity contribution >= 4 is 36.2 Å². The summed E-state index contributed by atoms with van der Waals surface area (Å²) >= 11 is 6.51. The molecule has 0 aromatic rings. The summed E-state index contributed by atoms with van der Waals surface area (Å²) in [5.74, 6) is 0.532. The number of rotatable bonds is 10. The molecule has 1 saturated heterocycles. The Morgan fingerprint density at radius 3 is 2.49 bits per heavy atom. The van der Waals surface area contributed by atoms with E-state index in [9.17, 15) is 19.6 Å². The molecule has 0 bridgehead atoms. The van der Waals surface area contributed by atoms with E-state index in [4.69, 9.17) is 21.3 Å². The van der Waals surface area contributed by atoms with Crippen molar-refractivity contribution in [2.75, 3.05) is 13.2 Å². The second kappa shape index (κ2) is 15.3. The van der Waals surface area contributed by atoms with Crippen LogP contribution in [0.4, 0.5) is 0 Å². The maximum atomic E-state index is 12.8. The van der Waals surface area contributed by atoms with E-state index in [2.05, 4.69) is 33.3 Å². The molecule has 0 radical (unpaired) electrons. The molecule has 3 aliphatic carbocycles. The number of hydrogen-bond acceptors (Lipinski definition) is 9. The first-order valence-corrected chi connectivity index (χ1v) is 17.2. The molecule has 5 unspecified atom stereocenters. The van der Waals surface area contributed by atoms with Gasteiger partial charge < -0.3 is 25.4 Å². The summed E-state index contributed by atoms with van der Waals surface area (Å²) in [6.45, 7) is 5.11. The fourth-order valence-corrected chi connectivity index (χ4v) is 8.49. The number of carbonyl (C=O) groups excluding carboxylic acids is 2. The van der Waals surface area contributed by atoms with E-state index < -0.39 is 7.12 Å². The van der Waals surface area contributed by atoms with Crippen LogP contribution in [0.25, 0.3) is 0 Å². The molecular weight excluding hydrogens is 571 g/mol. The van der Waals surface area contributed by atoms with Crippen molar-refractivity contribution < 1.29 is 24.4 Å². The molecule has 2 aliphatic heterocycles. The lowest BCUT2D eigenvalue weighted by molar-refractivity contribution is -0.124. The van der Waals surface area contributed by atoms with E-state index in [0.29, 0.717) is 50.8 Å². The summed E-state index contributed by atoms with van der Waals surface area (Å²) in [5.41, 5.74) is 8.14. The Balaban J connectivity index is 1.23. The molecule has 43 heavy (non-hydrogen) atoms. The molecule has 0 aromatic carbocycles. The van der Waals surface area contributed by atoms with Crippen LogP contribution >= 0.6 is 11.6 Å². The van der Waals surface area contributed by atoms with Crippen molar-refractivity contribution in [2.45, 2.75) is 145 Å². The number of alkyl halides is 1. The van der Waals surface area contributed by atoms with Crippen molar-refractivity contribution in [3.63, 3.8) is 0 Å². The van der Waals surface area contributed by atoms with Gasteiger partial charge in [0.15, 0.2) is 0 Å². The number of nitrogens with one attached hydrogen (secondary N) is 4. The first-order chi connectivity index (χ1) is 20.7. The van der Waals surface area contributed by atoms with Gasteiger partial charge in [0.05, 0.1) is 37.5 Å². The molecule has 6 N–H and O–H groups in total. The fraction of sp³-hybridized carbons (Fsp3) is 0.900. The summed E-state index contributed by atoms with van der Waals surface area (Å²) in [5, 5.41) is 25.1. The second-order valence-electron chi connectivity index (χ2n) is 13.4. The van der Waals surface area contributed by atoms with Crippen LogP contribution < -0.4 is 21.5 Å². The second-order valence-corrected chi connectivity index (χ2v) is 14.0. The van der Waals surface area contributed by atoms with Crippen LogP contribution in [0.2, 0.25) is 5.82 Å². The smallest absolute Gasteiger partial charge is 0.427 e. The van der Waals surface area contributed by atoms with Crippen LogP contribution in [0.1, 0.15) is 97.3 Å². The van der Waals surface area contributed by atoms with Gasteiger partial charge in [-0.25, -0.2) is 10.9 Å². The maximum absolute atomic E-state index is 12.8. The number of amides is 2. The largest absolute Gasteiger partial charge is 0.454 e. The molecule has 2 heterocycles. The number of ether oxygens (including phenoxy) is 1. The van der Waals surface area contributed by atoms with Crippen molar-refractivity contribution in [3.05, 3.63) is 0 Å². The van der Waals surface area contributed by atoms with Gasteiger partial charge in [-0.3, -0.25) is 19.5 Å².